The van der Waals surface area contributed by atoms with E-state index in [0.717, 1.165) is 66.1 Å². The minimum atomic E-state index is -1.10. The number of rotatable bonds is 11. The number of H-pyrrole nitrogens is 1. The van der Waals surface area contributed by atoms with E-state index >= 15 is 0 Å². The molecule has 5 aliphatic heterocycles. The molecular weight excluding hydrogens is 1130 g/mol. The monoisotopic (exact) mass is 1210 g/mol. The number of nitrogens with one attached hydrogen (secondary N) is 5. The van der Waals surface area contributed by atoms with Crippen LogP contribution in [-0.2, 0) is 27.1 Å². The van der Waals surface area contributed by atoms with Gasteiger partial charge in [-0.15, -0.1) is 5.92 Å². The summed E-state index contributed by atoms with van der Waals surface area (Å²) in [7, 11) is 0. The van der Waals surface area contributed by atoms with Gasteiger partial charge in [0.2, 0.25) is 5.75 Å². The highest BCUT2D eigenvalue weighted by Crippen LogP contribution is 2.58. The number of aliphatic hydroxyl groups excluding tert-OH is 2. The van der Waals surface area contributed by atoms with Crippen LogP contribution in [0.2, 0.25) is 0 Å². The molecule has 2 saturated heterocycles. The maximum atomic E-state index is 13.6. The van der Waals surface area contributed by atoms with Crippen molar-refractivity contribution < 1.29 is 49.3 Å². The first kappa shape index (κ1) is 58.8. The fraction of sp³-hybridized carbons (Fsp3) is 0.529. The van der Waals surface area contributed by atoms with Crippen LogP contribution in [0.1, 0.15) is 132 Å². The molecule has 1 spiro atoms. The molecule has 4 bridgehead atoms. The van der Waals surface area contributed by atoms with E-state index in [1.165, 1.54) is 13.0 Å². The normalized spacial score (nSPS) is 35.0. The van der Waals surface area contributed by atoms with Crippen LogP contribution >= 0.6 is 0 Å². The van der Waals surface area contributed by atoms with Gasteiger partial charge in [0.05, 0.1) is 60.2 Å². The molecule has 12 N–H and O–H groups in total. The first-order chi connectivity index (χ1) is 43.2. The number of hydrogen-bond donors (Lipinski definition) is 11. The van der Waals surface area contributed by atoms with Crippen LogP contribution < -0.4 is 36.5 Å². The highest BCUT2D eigenvalue weighted by Gasteiger charge is 2.61. The molecule has 19 heteroatoms. The lowest BCUT2D eigenvalue weighted by Gasteiger charge is -2.57. The Hall–Kier alpha value is -7.81. The molecule has 14 rings (SSSR count). The number of nitrogens with two attached hydrogens (primary N) is 1. The second-order valence-corrected chi connectivity index (χ2v) is 26.9. The van der Waals surface area contributed by atoms with Crippen molar-refractivity contribution in [1.82, 2.24) is 35.8 Å². The SMILES string of the molecule is CC(=O)OC1CC(c2cc(O)c(O)c(OCCc3cccnc3)c2)OC2C1CCC1C#CC3C4CCCC35NC(=NCC3(CC6=CCNC(N)=C6)CCCC3O)NC(n3cc6cc[nH]c6c3)C5C(O)NC3CCCCC3C#CCC12Cc1ccc(O)c(c1)O4. The number of carbonyl (C=O) groups is 1. The van der Waals surface area contributed by atoms with Gasteiger partial charge in [0.25, 0.3) is 0 Å². The third kappa shape index (κ3) is 11.3. The number of dihydropyridines is 1. The Balaban J connectivity index is 0.927. The number of aromatic nitrogens is 3. The van der Waals surface area contributed by atoms with E-state index in [1.54, 1.807) is 24.5 Å². The maximum absolute atomic E-state index is 13.6. The number of phenols is 3. The zero-order valence-corrected chi connectivity index (χ0v) is 50.5. The lowest BCUT2D eigenvalue weighted by Crippen LogP contribution is -2.75. The highest BCUT2D eigenvalue weighted by molar-refractivity contribution is 5.83. The molecule has 4 aliphatic carbocycles. The molecule has 5 aromatic rings. The fourth-order valence-corrected chi connectivity index (χ4v) is 17.2. The molecule has 16 atom stereocenters. The number of guanidine groups is 1. The Morgan fingerprint density at radius 2 is 1.85 bits per heavy atom. The van der Waals surface area contributed by atoms with Gasteiger partial charge in [-0.3, -0.25) is 20.1 Å². The number of pyridine rings is 1. The summed E-state index contributed by atoms with van der Waals surface area (Å²) in [4.78, 5) is 26.5. The van der Waals surface area contributed by atoms with E-state index in [0.29, 0.717) is 100 Å². The number of phenolic OH excluding ortho intramolecular Hbond substituents is 3. The molecule has 8 heterocycles. The van der Waals surface area contributed by atoms with Gasteiger partial charge in [-0.25, -0.2) is 0 Å². The minimum absolute atomic E-state index is 0.0114. The van der Waals surface area contributed by atoms with Gasteiger partial charge in [0.15, 0.2) is 29.0 Å². The average molecular weight is 1210 g/mol. The van der Waals surface area contributed by atoms with Gasteiger partial charge >= 0.3 is 5.97 Å². The summed E-state index contributed by atoms with van der Waals surface area (Å²) in [5, 5.41) is 76.3. The van der Waals surface area contributed by atoms with Crippen molar-refractivity contribution in [3.8, 4) is 52.4 Å². The third-order valence-corrected chi connectivity index (χ3v) is 21.5. The number of aliphatic hydroxyl groups is 2. The predicted molar refractivity (Wildman–Crippen MR) is 334 cm³/mol. The number of nitrogens with zero attached hydrogens (tertiary/aromatic N) is 3. The second kappa shape index (κ2) is 24.2. The van der Waals surface area contributed by atoms with Crippen LogP contribution in [0.5, 0.6) is 28.7 Å². The van der Waals surface area contributed by atoms with Gasteiger partial charge in [0, 0.05) is 104 Å². The number of benzene rings is 2. The lowest BCUT2D eigenvalue weighted by molar-refractivity contribution is -0.219. The number of hydrogen-bond acceptors (Lipinski definition) is 15. The number of aromatic hydroxyl groups is 3. The number of carbonyl (C=O) groups excluding carboxylic acids is 1. The second-order valence-electron chi connectivity index (χ2n) is 26.9. The van der Waals surface area contributed by atoms with Crippen molar-refractivity contribution in [2.45, 2.75) is 171 Å². The summed E-state index contributed by atoms with van der Waals surface area (Å²) in [6.07, 6.45) is 20.1. The largest absolute Gasteiger partial charge is 0.504 e. The Morgan fingerprint density at radius 1 is 0.966 bits per heavy atom. The molecule has 19 nitrogen and oxygen atoms in total. The molecule has 6 fully saturated rings. The molecule has 3 aromatic heterocycles. The van der Waals surface area contributed by atoms with Crippen LogP contribution in [0, 0.1) is 64.1 Å². The molecule has 16 unspecified atom stereocenters. The Bertz CT molecular complexity index is 3660. The number of ether oxygens (including phenoxy) is 4. The van der Waals surface area contributed by atoms with Crippen LogP contribution in [0.15, 0.2) is 108 Å². The Morgan fingerprint density at radius 3 is 2.69 bits per heavy atom. The van der Waals surface area contributed by atoms with Crippen LogP contribution in [0.4, 0.5) is 0 Å². The zero-order valence-electron chi connectivity index (χ0n) is 50.5. The smallest absolute Gasteiger partial charge is 0.302 e. The van der Waals surface area contributed by atoms with Crippen molar-refractivity contribution in [3.63, 3.8) is 0 Å². The van der Waals surface area contributed by atoms with Gasteiger partial charge in [-0.2, -0.15) is 0 Å². The first-order valence-electron chi connectivity index (χ1n) is 32.4. The van der Waals surface area contributed by atoms with Gasteiger partial charge in [0.1, 0.15) is 24.6 Å². The Kier molecular flexibility index (Phi) is 16.0. The van der Waals surface area contributed by atoms with E-state index in [9.17, 15) is 30.3 Å². The molecular formula is C70H83N9O10. The molecule has 0 radical (unpaired) electrons. The standard InChI is InChI=1S/C70H83N9O10/c1-41(80)87-57-34-56(47-32-54(82)63(84)59(33-47)86-29-22-42-8-7-26-72-37-42)89-64-49(57)17-15-48-16-18-50-55-12-5-25-70(50)62(66(85)76-51-11-3-2-9-45(51)10-4-24-69(48,64)36-43-14-19-53(81)58(30-43)88-55)65(79-38-46-21-28-73-52(46)39-79)77-67(78-70)75-40-68(23-6-13-60(68)83)35-44-20-27-74-61(71)31-44/h7-8,14,19-21,26,28,30-33,37-39,45,48-51,55-57,60,62,64-66,73-74,76,81-85H,2-3,5-6,9,11-13,15,17,22-25,27,29,34-36,40,71H2,1H3,(H2,75,77,78). The van der Waals surface area contributed by atoms with Gasteiger partial charge < -0.3 is 75.7 Å². The van der Waals surface area contributed by atoms with Crippen molar-refractivity contribution in [1.29, 1.82) is 0 Å². The van der Waals surface area contributed by atoms with Crippen molar-refractivity contribution in [2.24, 2.45) is 51.1 Å². The quantitative estimate of drug-likeness (QED) is 0.0341. The molecule has 89 heavy (non-hydrogen) atoms. The lowest BCUT2D eigenvalue weighted by atomic mass is 9.55. The topological polar surface area (TPSA) is 275 Å². The van der Waals surface area contributed by atoms with Crippen molar-refractivity contribution >= 4 is 22.8 Å². The highest BCUT2D eigenvalue weighted by atomic mass is 16.6. The van der Waals surface area contributed by atoms with Crippen molar-refractivity contribution in [3.05, 3.63) is 120 Å². The number of allylic oxidation sites excluding steroid dienone is 2. The number of esters is 1. The van der Waals surface area contributed by atoms with E-state index in [1.807, 2.05) is 42.6 Å². The minimum Gasteiger partial charge on any atom is -0.504 e. The average Bonchev–Trinajstić information content (AvgIpc) is 1.39. The van der Waals surface area contributed by atoms with Crippen molar-refractivity contribution in [2.75, 3.05) is 19.7 Å². The summed E-state index contributed by atoms with van der Waals surface area (Å²) < 4.78 is 29.7. The molecule has 9 aliphatic rings. The fourth-order valence-electron chi connectivity index (χ4n) is 17.2. The van der Waals surface area contributed by atoms with E-state index in [4.69, 9.17) is 29.7 Å². The van der Waals surface area contributed by atoms with E-state index in [-0.39, 0.29) is 59.8 Å². The van der Waals surface area contributed by atoms with E-state index < -0.39 is 77.1 Å². The zero-order chi connectivity index (χ0) is 61.0. The molecule has 468 valence electrons. The summed E-state index contributed by atoms with van der Waals surface area (Å²) in [5.74, 6) is 14.0. The summed E-state index contributed by atoms with van der Waals surface area (Å²) in [6.45, 7) is 2.56. The summed E-state index contributed by atoms with van der Waals surface area (Å²) >= 11 is 0. The molecule has 4 saturated carbocycles. The van der Waals surface area contributed by atoms with Crippen LogP contribution in [0.25, 0.3) is 10.9 Å². The van der Waals surface area contributed by atoms with Gasteiger partial charge in [-0.1, -0.05) is 55.2 Å². The predicted octanol–water partition coefficient (Wildman–Crippen LogP) is 7.91. The summed E-state index contributed by atoms with van der Waals surface area (Å²) in [6, 6.07) is 14.5. The molecule has 0 amide bonds. The van der Waals surface area contributed by atoms with Crippen LogP contribution in [0.3, 0.4) is 0 Å². The Labute approximate surface area is 519 Å². The van der Waals surface area contributed by atoms with Gasteiger partial charge in [-0.05, 0) is 135 Å². The van der Waals surface area contributed by atoms with E-state index in [2.05, 4.69) is 78.0 Å². The third-order valence-electron chi connectivity index (χ3n) is 21.5. The summed E-state index contributed by atoms with van der Waals surface area (Å²) in [5.41, 5.74) is 8.23. The number of aromatic amines is 1. The number of fused-ring (bicyclic) bond motifs is 5. The maximum Gasteiger partial charge on any atom is 0.302 e. The first-order valence-corrected chi connectivity index (χ1v) is 32.4. The molecule has 2 aromatic carbocycles. The number of aliphatic imine (C=N–C) groups is 1. The van der Waals surface area contributed by atoms with Crippen LogP contribution in [-0.4, -0.2) is 114 Å².